The highest BCUT2D eigenvalue weighted by Crippen LogP contribution is 2.44. The molecule has 2 amide bonds. The molecular weight excluding hydrogens is 458 g/mol. The fraction of sp³-hybridized carbons (Fsp3) is 0.500. The Kier molecular flexibility index (Phi) is 7.45. The zero-order chi connectivity index (χ0) is 26.0. The molecule has 2 aromatic rings. The molecule has 2 heterocycles. The van der Waals surface area contributed by atoms with Crippen molar-refractivity contribution < 1.29 is 23.8 Å². The molecule has 0 radical (unpaired) electrons. The smallest absolute Gasteiger partial charge is 0.407 e. The fourth-order valence-corrected chi connectivity index (χ4v) is 5.32. The minimum absolute atomic E-state index is 0.105. The molecule has 0 saturated carbocycles. The molecule has 2 aliphatic rings. The summed E-state index contributed by atoms with van der Waals surface area (Å²) in [6.45, 7) is 9.20. The average Bonchev–Trinajstić information content (AvgIpc) is 2.80. The number of hydrogen-bond acceptors (Lipinski definition) is 6. The number of primary amides is 1. The third-order valence-electron chi connectivity index (χ3n) is 6.83. The maximum absolute atomic E-state index is 12.8. The van der Waals surface area contributed by atoms with Gasteiger partial charge in [-0.05, 0) is 69.4 Å². The first-order valence-electron chi connectivity index (χ1n) is 12.5. The van der Waals surface area contributed by atoms with Crippen LogP contribution < -0.4 is 20.5 Å². The molecule has 2 aliphatic heterocycles. The first-order valence-corrected chi connectivity index (χ1v) is 12.5. The highest BCUT2D eigenvalue weighted by molar-refractivity contribution is 5.75. The number of amides is 2. The quantitative estimate of drug-likeness (QED) is 0.631. The Hall–Kier alpha value is -3.26. The van der Waals surface area contributed by atoms with Crippen LogP contribution in [0.3, 0.4) is 0 Å². The summed E-state index contributed by atoms with van der Waals surface area (Å²) >= 11 is 0. The minimum atomic E-state index is -0.574. The third-order valence-corrected chi connectivity index (χ3v) is 6.83. The van der Waals surface area contributed by atoms with E-state index in [9.17, 15) is 9.59 Å². The Morgan fingerprint density at radius 2 is 1.94 bits per heavy atom. The van der Waals surface area contributed by atoms with Gasteiger partial charge >= 0.3 is 6.09 Å². The molecule has 0 unspecified atom stereocenters. The second-order valence-corrected chi connectivity index (χ2v) is 10.7. The van der Waals surface area contributed by atoms with Crippen LogP contribution in [-0.4, -0.2) is 55.3 Å². The first-order chi connectivity index (χ1) is 17.0. The molecule has 0 aromatic heterocycles. The molecule has 3 N–H and O–H groups in total. The van der Waals surface area contributed by atoms with Gasteiger partial charge in [0.15, 0.2) is 18.1 Å². The van der Waals surface area contributed by atoms with Crippen LogP contribution in [0.1, 0.15) is 61.4 Å². The Morgan fingerprint density at radius 1 is 1.17 bits per heavy atom. The van der Waals surface area contributed by atoms with Gasteiger partial charge < -0.3 is 25.3 Å². The fourth-order valence-electron chi connectivity index (χ4n) is 5.32. The number of piperidine rings is 1. The normalized spacial score (nSPS) is 21.6. The van der Waals surface area contributed by atoms with Crippen LogP contribution in [0.4, 0.5) is 4.79 Å². The lowest BCUT2D eigenvalue weighted by Crippen LogP contribution is -2.53. The molecule has 1 fully saturated rings. The summed E-state index contributed by atoms with van der Waals surface area (Å²) in [5.41, 5.74) is 9.41. The number of nitrogens with zero attached hydrogens (tertiary/aromatic N) is 1. The summed E-state index contributed by atoms with van der Waals surface area (Å²) in [6, 6.07) is 12.5. The summed E-state index contributed by atoms with van der Waals surface area (Å²) in [6.07, 6.45) is 1.19. The number of carbonyl (C=O) groups excluding carboxylic acids is 2. The highest BCUT2D eigenvalue weighted by atomic mass is 16.6. The third kappa shape index (κ3) is 5.93. The molecule has 3 atom stereocenters. The van der Waals surface area contributed by atoms with Gasteiger partial charge in [-0.15, -0.1) is 0 Å². The molecule has 8 heteroatoms. The van der Waals surface area contributed by atoms with Gasteiger partial charge in [-0.25, -0.2) is 4.79 Å². The van der Waals surface area contributed by atoms with Crippen LogP contribution in [0.15, 0.2) is 36.4 Å². The van der Waals surface area contributed by atoms with E-state index in [0.717, 1.165) is 37.1 Å². The Morgan fingerprint density at radius 3 is 2.61 bits per heavy atom. The van der Waals surface area contributed by atoms with Crippen molar-refractivity contribution in [3.05, 3.63) is 58.7 Å². The molecule has 194 valence electrons. The maximum atomic E-state index is 12.8. The van der Waals surface area contributed by atoms with Crippen molar-refractivity contribution >= 4 is 12.0 Å². The van der Waals surface area contributed by atoms with E-state index in [-0.39, 0.29) is 24.6 Å². The van der Waals surface area contributed by atoms with E-state index >= 15 is 0 Å². The van der Waals surface area contributed by atoms with E-state index in [1.807, 2.05) is 32.9 Å². The summed E-state index contributed by atoms with van der Waals surface area (Å²) in [5.74, 6) is 0.677. The van der Waals surface area contributed by atoms with Crippen molar-refractivity contribution in [3.63, 3.8) is 0 Å². The monoisotopic (exact) mass is 495 g/mol. The molecular formula is C28H37N3O5. The van der Waals surface area contributed by atoms with Gasteiger partial charge in [0.1, 0.15) is 5.60 Å². The Labute approximate surface area is 213 Å². The van der Waals surface area contributed by atoms with Crippen molar-refractivity contribution in [1.29, 1.82) is 0 Å². The number of aryl methyl sites for hydroxylation is 1. The molecule has 0 bridgehead atoms. The number of benzene rings is 2. The van der Waals surface area contributed by atoms with Crippen LogP contribution in [0.5, 0.6) is 11.5 Å². The number of nitrogens with one attached hydrogen (secondary N) is 1. The van der Waals surface area contributed by atoms with Gasteiger partial charge in [0.2, 0.25) is 0 Å². The van der Waals surface area contributed by atoms with E-state index in [0.29, 0.717) is 11.5 Å². The Bertz CT molecular complexity index is 1130. The van der Waals surface area contributed by atoms with Gasteiger partial charge in [-0.3, -0.25) is 9.69 Å². The zero-order valence-corrected chi connectivity index (χ0v) is 21.8. The van der Waals surface area contributed by atoms with Gasteiger partial charge in [0, 0.05) is 31.1 Å². The largest absolute Gasteiger partial charge is 0.493 e. The number of methoxy groups -OCH3 is 1. The number of alkyl carbamates (subject to hydrolysis) is 1. The lowest BCUT2D eigenvalue weighted by molar-refractivity contribution is -0.119. The maximum Gasteiger partial charge on any atom is 0.407 e. The second kappa shape index (κ2) is 10.4. The van der Waals surface area contributed by atoms with Gasteiger partial charge in [0.25, 0.3) is 5.91 Å². The van der Waals surface area contributed by atoms with Crippen molar-refractivity contribution in [3.8, 4) is 11.5 Å². The predicted molar refractivity (Wildman–Crippen MR) is 137 cm³/mol. The summed E-state index contributed by atoms with van der Waals surface area (Å²) < 4.78 is 16.8. The zero-order valence-electron chi connectivity index (χ0n) is 21.8. The van der Waals surface area contributed by atoms with E-state index in [1.54, 1.807) is 7.11 Å². The second-order valence-electron chi connectivity index (χ2n) is 10.7. The number of hydrogen-bond donors (Lipinski definition) is 2. The van der Waals surface area contributed by atoms with E-state index in [2.05, 4.69) is 41.4 Å². The minimum Gasteiger partial charge on any atom is -0.493 e. The lowest BCUT2D eigenvalue weighted by Gasteiger charge is -2.47. The topological polar surface area (TPSA) is 103 Å². The van der Waals surface area contributed by atoms with Gasteiger partial charge in [-0.1, -0.05) is 29.8 Å². The van der Waals surface area contributed by atoms with E-state index < -0.39 is 17.6 Å². The van der Waals surface area contributed by atoms with Crippen molar-refractivity contribution in [1.82, 2.24) is 10.2 Å². The number of carbonyl (C=O) groups is 2. The Balaban J connectivity index is 1.65. The summed E-state index contributed by atoms with van der Waals surface area (Å²) in [7, 11) is 1.58. The van der Waals surface area contributed by atoms with Crippen LogP contribution in [0.25, 0.3) is 0 Å². The SMILES string of the molecule is COc1cc2c(cc1OCC(N)=O)CCN1C[C@@H](c3cccc(C)c3)[C@H](NC(=O)OC(C)(C)C)C[C@H]21. The van der Waals surface area contributed by atoms with Crippen molar-refractivity contribution in [2.75, 3.05) is 26.8 Å². The summed E-state index contributed by atoms with van der Waals surface area (Å²) in [4.78, 5) is 26.6. The first kappa shape index (κ1) is 25.8. The molecule has 8 nitrogen and oxygen atoms in total. The van der Waals surface area contributed by atoms with Gasteiger partial charge in [-0.2, -0.15) is 0 Å². The van der Waals surface area contributed by atoms with Crippen molar-refractivity contribution in [2.24, 2.45) is 5.73 Å². The van der Waals surface area contributed by atoms with Crippen LogP contribution >= 0.6 is 0 Å². The number of rotatable bonds is 6. The number of ether oxygens (including phenoxy) is 3. The number of fused-ring (bicyclic) bond motifs is 3. The highest BCUT2D eigenvalue weighted by Gasteiger charge is 2.41. The molecule has 1 saturated heterocycles. The molecule has 4 rings (SSSR count). The standard InChI is InChI=1S/C28H37N3O5/c1-17-7-6-8-18(11-17)21-15-31-10-9-19-12-25(35-16-26(29)32)24(34-5)13-20(19)23(31)14-22(21)30-27(33)36-28(2,3)4/h6-8,11-13,21-23H,9-10,14-16H2,1-5H3,(H2,29,32)(H,30,33)/t21-,22+,23+/m0/s1. The molecule has 0 aliphatic carbocycles. The molecule has 0 spiro atoms. The average molecular weight is 496 g/mol. The molecule has 2 aromatic carbocycles. The lowest BCUT2D eigenvalue weighted by atomic mass is 9.77. The van der Waals surface area contributed by atoms with Crippen LogP contribution in [-0.2, 0) is 16.0 Å². The van der Waals surface area contributed by atoms with Gasteiger partial charge in [0.05, 0.1) is 7.11 Å². The summed E-state index contributed by atoms with van der Waals surface area (Å²) in [5, 5.41) is 3.18. The van der Waals surface area contributed by atoms with Crippen LogP contribution in [0.2, 0.25) is 0 Å². The van der Waals surface area contributed by atoms with Crippen molar-refractivity contribution in [2.45, 2.75) is 64.1 Å². The van der Waals surface area contributed by atoms with E-state index in [4.69, 9.17) is 19.9 Å². The molecule has 36 heavy (non-hydrogen) atoms. The number of nitrogens with two attached hydrogens (primary N) is 1. The predicted octanol–water partition coefficient (Wildman–Crippen LogP) is 3.85. The van der Waals surface area contributed by atoms with Crippen LogP contribution in [0, 0.1) is 6.92 Å². The van der Waals surface area contributed by atoms with E-state index in [1.165, 1.54) is 11.1 Å².